The third-order valence-corrected chi connectivity index (χ3v) is 2.79. The van der Waals surface area contributed by atoms with E-state index in [4.69, 9.17) is 21.4 Å². The van der Waals surface area contributed by atoms with Crippen LogP contribution in [0.15, 0.2) is 15.8 Å². The van der Waals surface area contributed by atoms with E-state index in [-0.39, 0.29) is 17.7 Å². The van der Waals surface area contributed by atoms with Crippen molar-refractivity contribution in [1.29, 1.82) is 0 Å². The van der Waals surface area contributed by atoms with Gasteiger partial charge in [-0.25, -0.2) is 4.79 Å². The molecular formula is C11H13ClN2O4. The van der Waals surface area contributed by atoms with Crippen molar-refractivity contribution in [1.82, 2.24) is 9.55 Å². The predicted octanol–water partition coefficient (Wildman–Crippen LogP) is 0.109. The lowest BCUT2D eigenvalue weighted by Gasteiger charge is -2.14. The van der Waals surface area contributed by atoms with Crippen molar-refractivity contribution in [2.75, 3.05) is 6.61 Å². The minimum absolute atomic E-state index is 0.0596. The maximum atomic E-state index is 11.5. The molecule has 0 radical (unpaired) electrons. The number of aliphatic hydroxyl groups is 1. The van der Waals surface area contributed by atoms with E-state index < -0.39 is 17.5 Å². The van der Waals surface area contributed by atoms with E-state index in [1.807, 2.05) is 0 Å². The Balaban J connectivity index is 0.000000771. The molecule has 0 amide bonds. The zero-order valence-corrected chi connectivity index (χ0v) is 10.3. The summed E-state index contributed by atoms with van der Waals surface area (Å²) in [6.07, 6.45) is 9.80. The molecule has 2 rings (SSSR count). The zero-order valence-electron chi connectivity index (χ0n) is 9.51. The van der Waals surface area contributed by atoms with Crippen LogP contribution in [0.4, 0.5) is 0 Å². The third-order valence-electron chi connectivity index (χ3n) is 2.52. The highest BCUT2D eigenvalue weighted by Crippen LogP contribution is 2.26. The van der Waals surface area contributed by atoms with Crippen molar-refractivity contribution in [3.05, 3.63) is 32.1 Å². The smallest absolute Gasteiger partial charge is 0.330 e. The SMILES string of the molecule is C#C.O=c1[nH]c(=O)n(C2CCC(CO)O2)cc1Cl. The minimum Gasteiger partial charge on any atom is -0.394 e. The number of aromatic nitrogens is 2. The number of hydrogen-bond acceptors (Lipinski definition) is 4. The normalized spacial score (nSPS) is 22.2. The number of nitrogens with zero attached hydrogens (tertiary/aromatic N) is 1. The van der Waals surface area contributed by atoms with E-state index in [1.54, 1.807) is 0 Å². The maximum absolute atomic E-state index is 11.5. The Morgan fingerprint density at radius 2 is 2.17 bits per heavy atom. The number of nitrogens with one attached hydrogen (secondary N) is 1. The second-order valence-corrected chi connectivity index (χ2v) is 4.02. The first-order chi connectivity index (χ1) is 8.61. The van der Waals surface area contributed by atoms with E-state index in [9.17, 15) is 9.59 Å². The fourth-order valence-electron chi connectivity index (χ4n) is 1.70. The number of aromatic amines is 1. The zero-order chi connectivity index (χ0) is 13.7. The number of halogens is 1. The second kappa shape index (κ2) is 6.40. The molecule has 98 valence electrons. The van der Waals surface area contributed by atoms with Gasteiger partial charge in [-0.2, -0.15) is 0 Å². The molecule has 1 aliphatic heterocycles. The van der Waals surface area contributed by atoms with Crippen LogP contribution in [0.3, 0.4) is 0 Å². The van der Waals surface area contributed by atoms with Crippen LogP contribution in [0.2, 0.25) is 5.02 Å². The first-order valence-electron chi connectivity index (χ1n) is 5.22. The Morgan fingerprint density at radius 1 is 1.50 bits per heavy atom. The fourth-order valence-corrected chi connectivity index (χ4v) is 1.85. The van der Waals surface area contributed by atoms with E-state index in [2.05, 4.69) is 17.8 Å². The molecule has 2 N–H and O–H groups in total. The maximum Gasteiger partial charge on any atom is 0.330 e. The van der Waals surface area contributed by atoms with Crippen molar-refractivity contribution in [3.63, 3.8) is 0 Å². The van der Waals surface area contributed by atoms with E-state index in [1.165, 1.54) is 10.8 Å². The monoisotopic (exact) mass is 272 g/mol. The quantitative estimate of drug-likeness (QED) is 0.749. The van der Waals surface area contributed by atoms with E-state index >= 15 is 0 Å². The molecule has 1 aromatic rings. The Bertz CT molecular complexity index is 534. The van der Waals surface area contributed by atoms with Gasteiger partial charge < -0.3 is 9.84 Å². The van der Waals surface area contributed by atoms with Gasteiger partial charge in [0.05, 0.1) is 12.7 Å². The molecule has 0 aliphatic carbocycles. The van der Waals surface area contributed by atoms with E-state index in [0.29, 0.717) is 12.8 Å². The average Bonchev–Trinajstić information content (AvgIpc) is 2.85. The van der Waals surface area contributed by atoms with Crippen molar-refractivity contribution >= 4 is 11.6 Å². The van der Waals surface area contributed by atoms with Crippen LogP contribution in [-0.4, -0.2) is 27.4 Å². The Labute approximate surface area is 108 Å². The van der Waals surface area contributed by atoms with Crippen LogP contribution >= 0.6 is 11.6 Å². The van der Waals surface area contributed by atoms with Gasteiger partial charge in [0.1, 0.15) is 11.3 Å². The van der Waals surface area contributed by atoms with Crippen molar-refractivity contribution in [2.45, 2.75) is 25.2 Å². The molecule has 0 aromatic carbocycles. The van der Waals surface area contributed by atoms with Crippen LogP contribution in [0.5, 0.6) is 0 Å². The molecule has 6 nitrogen and oxygen atoms in total. The molecule has 1 aliphatic rings. The summed E-state index contributed by atoms with van der Waals surface area (Å²) < 4.78 is 6.64. The second-order valence-electron chi connectivity index (χ2n) is 3.62. The Kier molecular flexibility index (Phi) is 5.16. The summed E-state index contributed by atoms with van der Waals surface area (Å²) in [6, 6.07) is 0. The first-order valence-corrected chi connectivity index (χ1v) is 5.60. The number of terminal acetylenes is 1. The fraction of sp³-hybridized carbons (Fsp3) is 0.455. The summed E-state index contributed by atoms with van der Waals surface area (Å²) in [5, 5.41) is 8.84. The van der Waals surface area contributed by atoms with Gasteiger partial charge in [0, 0.05) is 6.20 Å². The molecule has 1 fully saturated rings. The largest absolute Gasteiger partial charge is 0.394 e. The number of rotatable bonds is 2. The van der Waals surface area contributed by atoms with Crippen molar-refractivity contribution < 1.29 is 9.84 Å². The molecule has 0 bridgehead atoms. The highest BCUT2D eigenvalue weighted by Gasteiger charge is 2.26. The molecular weight excluding hydrogens is 260 g/mol. The Morgan fingerprint density at radius 3 is 2.72 bits per heavy atom. The lowest BCUT2D eigenvalue weighted by Crippen LogP contribution is -2.32. The average molecular weight is 273 g/mol. The summed E-state index contributed by atoms with van der Waals surface area (Å²) >= 11 is 5.63. The minimum atomic E-state index is -0.611. The molecule has 7 heteroatoms. The molecule has 2 heterocycles. The van der Waals surface area contributed by atoms with Gasteiger partial charge in [0.15, 0.2) is 0 Å². The summed E-state index contributed by atoms with van der Waals surface area (Å²) in [5.74, 6) is 0. The molecule has 1 saturated heterocycles. The van der Waals surface area contributed by atoms with Gasteiger partial charge >= 0.3 is 5.69 Å². The summed E-state index contributed by atoms with van der Waals surface area (Å²) in [6.45, 7) is -0.0810. The van der Waals surface area contributed by atoms with Crippen LogP contribution < -0.4 is 11.2 Å². The Hall–Kier alpha value is -1.55. The van der Waals surface area contributed by atoms with Gasteiger partial charge in [-0.05, 0) is 12.8 Å². The molecule has 0 saturated carbocycles. The van der Waals surface area contributed by atoms with Crippen molar-refractivity contribution in [3.8, 4) is 12.8 Å². The predicted molar refractivity (Wildman–Crippen MR) is 66.5 cm³/mol. The molecule has 2 atom stereocenters. The standard InChI is InChI=1S/C9H11ClN2O4.C2H2/c10-6-3-12(9(15)11-8(6)14)7-2-1-5(4-13)16-7;1-2/h3,5,7,13H,1-2,4H2,(H,11,14,15);1-2H. The van der Waals surface area contributed by atoms with Gasteiger partial charge in [0.2, 0.25) is 0 Å². The number of ether oxygens (including phenoxy) is 1. The van der Waals surface area contributed by atoms with Crippen LogP contribution in [-0.2, 0) is 4.74 Å². The number of hydrogen-bond donors (Lipinski definition) is 2. The van der Waals surface area contributed by atoms with Crippen molar-refractivity contribution in [2.24, 2.45) is 0 Å². The number of H-pyrrole nitrogens is 1. The molecule has 0 spiro atoms. The lowest BCUT2D eigenvalue weighted by atomic mass is 10.2. The van der Waals surface area contributed by atoms with Gasteiger partial charge in [0.25, 0.3) is 5.56 Å². The van der Waals surface area contributed by atoms with Gasteiger partial charge in [-0.1, -0.05) is 11.6 Å². The molecule has 18 heavy (non-hydrogen) atoms. The van der Waals surface area contributed by atoms with Crippen LogP contribution in [0, 0.1) is 12.8 Å². The number of aliphatic hydroxyl groups excluding tert-OH is 1. The summed E-state index contributed by atoms with van der Waals surface area (Å²) in [7, 11) is 0. The first kappa shape index (κ1) is 14.5. The summed E-state index contributed by atoms with van der Waals surface area (Å²) in [5.41, 5.74) is -1.17. The van der Waals surface area contributed by atoms with Crippen LogP contribution in [0.1, 0.15) is 19.1 Å². The highest BCUT2D eigenvalue weighted by molar-refractivity contribution is 6.30. The highest BCUT2D eigenvalue weighted by atomic mass is 35.5. The third kappa shape index (κ3) is 3.01. The lowest BCUT2D eigenvalue weighted by molar-refractivity contribution is -0.0246. The van der Waals surface area contributed by atoms with E-state index in [0.717, 1.165) is 0 Å². The molecule has 2 unspecified atom stereocenters. The van der Waals surface area contributed by atoms with Gasteiger partial charge in [-0.15, -0.1) is 12.8 Å². The topological polar surface area (TPSA) is 84.3 Å². The molecule has 1 aromatic heterocycles. The summed E-state index contributed by atoms with van der Waals surface area (Å²) in [4.78, 5) is 24.6. The van der Waals surface area contributed by atoms with Gasteiger partial charge in [-0.3, -0.25) is 14.3 Å². The van der Waals surface area contributed by atoms with Crippen LogP contribution in [0.25, 0.3) is 0 Å².